The first-order chi connectivity index (χ1) is 17.0. The van der Waals surface area contributed by atoms with Crippen molar-refractivity contribution in [2.75, 3.05) is 11.5 Å². The van der Waals surface area contributed by atoms with Gasteiger partial charge in [-0.15, -0.1) is 0 Å². The number of carbonyl (C=O) groups excluding carboxylic acids is 3. The van der Waals surface area contributed by atoms with Crippen molar-refractivity contribution in [3.8, 4) is 0 Å². The zero-order chi connectivity index (χ0) is 24.8. The number of anilines is 1. The van der Waals surface area contributed by atoms with E-state index in [2.05, 4.69) is 4.98 Å². The van der Waals surface area contributed by atoms with Gasteiger partial charge in [0, 0.05) is 24.5 Å². The highest BCUT2D eigenvalue weighted by atomic mass is 16.5. The molecule has 3 aromatic rings. The fraction of sp³-hybridized carbons (Fsp3) is 0.214. The second kappa shape index (κ2) is 10.8. The van der Waals surface area contributed by atoms with Crippen LogP contribution in [0.15, 0.2) is 90.5 Å². The second-order valence-corrected chi connectivity index (χ2v) is 8.22. The first-order valence-electron chi connectivity index (χ1n) is 11.5. The normalized spacial score (nSPS) is 15.4. The Kier molecular flexibility index (Phi) is 7.35. The van der Waals surface area contributed by atoms with E-state index in [9.17, 15) is 19.5 Å². The van der Waals surface area contributed by atoms with Crippen molar-refractivity contribution >= 4 is 23.3 Å². The number of rotatable bonds is 9. The minimum absolute atomic E-state index is 0.0258. The number of Topliss-reactive ketones (excluding diaryl/α,β-unsaturated/α-hetero) is 1. The van der Waals surface area contributed by atoms with Crippen LogP contribution >= 0.6 is 0 Å². The Morgan fingerprint density at radius 2 is 1.86 bits per heavy atom. The summed E-state index contributed by atoms with van der Waals surface area (Å²) in [6, 6.07) is 18.6. The fourth-order valence-electron chi connectivity index (χ4n) is 4.11. The lowest BCUT2D eigenvalue weighted by molar-refractivity contribution is -0.118. The molecule has 0 spiro atoms. The molecule has 1 amide bonds. The lowest BCUT2D eigenvalue weighted by Gasteiger charge is -2.27. The molecule has 7 heteroatoms. The van der Waals surface area contributed by atoms with E-state index in [0.717, 1.165) is 5.56 Å². The number of aliphatic hydroxyl groups excluding tert-OH is 1. The number of nitrogens with zero attached hydrogens (tertiary/aromatic N) is 2. The van der Waals surface area contributed by atoms with Crippen LogP contribution in [0.3, 0.4) is 0 Å². The molecule has 2 heterocycles. The Balaban J connectivity index is 1.69. The van der Waals surface area contributed by atoms with Crippen LogP contribution in [-0.4, -0.2) is 34.4 Å². The molecule has 1 N–H and O–H groups in total. The molecular formula is C28H26N2O5. The van der Waals surface area contributed by atoms with E-state index in [1.54, 1.807) is 42.7 Å². The summed E-state index contributed by atoms with van der Waals surface area (Å²) in [5.74, 6) is -2.12. The van der Waals surface area contributed by atoms with Crippen molar-refractivity contribution in [3.05, 3.63) is 107 Å². The molecule has 0 saturated carbocycles. The molecule has 1 unspecified atom stereocenters. The molecule has 0 fully saturated rings. The highest BCUT2D eigenvalue weighted by Crippen LogP contribution is 2.41. The van der Waals surface area contributed by atoms with Gasteiger partial charge >= 0.3 is 5.97 Å². The Morgan fingerprint density at radius 3 is 2.57 bits per heavy atom. The van der Waals surface area contributed by atoms with E-state index in [0.29, 0.717) is 24.1 Å². The Hall–Kier alpha value is -4.26. The number of amides is 1. The standard InChI is InChI=1S/C28H26N2O5/c1-2-16-35-28(34)20-10-6-12-22(17-20)30-25(21-11-7-15-29-18-21)24(26(32)27(30)33)23(31)14-13-19-8-4-3-5-9-19/h3-12,15,17-18,25,32H,2,13-14,16H2,1H3. The number of aryl methyl sites for hydroxylation is 1. The topological polar surface area (TPSA) is 96.8 Å². The molecule has 1 atom stereocenters. The summed E-state index contributed by atoms with van der Waals surface area (Å²) in [6.45, 7) is 2.18. The molecule has 178 valence electrons. The highest BCUT2D eigenvalue weighted by Gasteiger charge is 2.44. The van der Waals surface area contributed by atoms with Crippen LogP contribution < -0.4 is 4.90 Å². The summed E-state index contributed by atoms with van der Waals surface area (Å²) in [7, 11) is 0. The minimum atomic E-state index is -0.874. The predicted molar refractivity (Wildman–Crippen MR) is 131 cm³/mol. The van der Waals surface area contributed by atoms with E-state index in [1.807, 2.05) is 37.3 Å². The molecule has 1 aliphatic rings. The molecule has 0 bridgehead atoms. The molecule has 7 nitrogen and oxygen atoms in total. The third-order valence-corrected chi connectivity index (χ3v) is 5.79. The van der Waals surface area contributed by atoms with Gasteiger partial charge in [-0.2, -0.15) is 0 Å². The highest BCUT2D eigenvalue weighted by molar-refractivity contribution is 6.16. The molecule has 0 aliphatic carbocycles. The maximum absolute atomic E-state index is 13.3. The molecular weight excluding hydrogens is 444 g/mol. The molecule has 1 aliphatic heterocycles. The number of aliphatic hydroxyl groups is 1. The Morgan fingerprint density at radius 1 is 1.06 bits per heavy atom. The van der Waals surface area contributed by atoms with Crippen LogP contribution in [0.4, 0.5) is 5.69 Å². The van der Waals surface area contributed by atoms with Crippen LogP contribution in [-0.2, 0) is 20.7 Å². The van der Waals surface area contributed by atoms with Gasteiger partial charge in [-0.3, -0.25) is 19.5 Å². The van der Waals surface area contributed by atoms with Crippen molar-refractivity contribution in [2.24, 2.45) is 0 Å². The zero-order valence-corrected chi connectivity index (χ0v) is 19.4. The number of benzene rings is 2. The summed E-state index contributed by atoms with van der Waals surface area (Å²) in [4.78, 5) is 44.5. The largest absolute Gasteiger partial charge is 0.503 e. The summed E-state index contributed by atoms with van der Waals surface area (Å²) in [6.07, 6.45) is 4.45. The van der Waals surface area contributed by atoms with Crippen molar-refractivity contribution in [1.29, 1.82) is 0 Å². The number of ether oxygens (including phenoxy) is 1. The third kappa shape index (κ3) is 5.14. The van der Waals surface area contributed by atoms with Crippen LogP contribution in [0.25, 0.3) is 0 Å². The number of carbonyl (C=O) groups is 3. The summed E-state index contributed by atoms with van der Waals surface area (Å²) in [5, 5.41) is 10.8. The predicted octanol–water partition coefficient (Wildman–Crippen LogP) is 4.75. The van der Waals surface area contributed by atoms with E-state index in [1.165, 1.54) is 11.0 Å². The van der Waals surface area contributed by atoms with Gasteiger partial charge in [0.25, 0.3) is 5.91 Å². The van der Waals surface area contributed by atoms with Gasteiger partial charge in [-0.25, -0.2) is 4.79 Å². The van der Waals surface area contributed by atoms with E-state index in [4.69, 9.17) is 4.74 Å². The number of pyridine rings is 1. The zero-order valence-electron chi connectivity index (χ0n) is 19.4. The second-order valence-electron chi connectivity index (χ2n) is 8.22. The summed E-state index contributed by atoms with van der Waals surface area (Å²) >= 11 is 0. The van der Waals surface area contributed by atoms with Crippen LogP contribution in [0.5, 0.6) is 0 Å². The van der Waals surface area contributed by atoms with Crippen molar-refractivity contribution in [3.63, 3.8) is 0 Å². The van der Waals surface area contributed by atoms with Gasteiger partial charge in [0.15, 0.2) is 11.5 Å². The molecule has 1 aromatic heterocycles. The van der Waals surface area contributed by atoms with E-state index >= 15 is 0 Å². The van der Waals surface area contributed by atoms with Gasteiger partial charge in [0.2, 0.25) is 0 Å². The average Bonchev–Trinajstić information content (AvgIpc) is 3.17. The Bertz CT molecular complexity index is 1250. The van der Waals surface area contributed by atoms with Gasteiger partial charge < -0.3 is 9.84 Å². The van der Waals surface area contributed by atoms with Crippen LogP contribution in [0, 0.1) is 0 Å². The first-order valence-corrected chi connectivity index (χ1v) is 11.5. The van der Waals surface area contributed by atoms with Gasteiger partial charge in [0.1, 0.15) is 0 Å². The van der Waals surface area contributed by atoms with E-state index in [-0.39, 0.29) is 29.9 Å². The Labute approximate surface area is 203 Å². The number of aromatic nitrogens is 1. The maximum atomic E-state index is 13.3. The molecule has 0 saturated heterocycles. The first kappa shape index (κ1) is 23.9. The number of hydrogen-bond donors (Lipinski definition) is 1. The van der Waals surface area contributed by atoms with E-state index < -0.39 is 23.7 Å². The van der Waals surface area contributed by atoms with Gasteiger partial charge in [0.05, 0.1) is 23.8 Å². The molecule has 0 radical (unpaired) electrons. The SMILES string of the molecule is CCCOC(=O)c1cccc(N2C(=O)C(O)=C(C(=O)CCc3ccccc3)C2c2cccnc2)c1. The number of esters is 1. The lowest BCUT2D eigenvalue weighted by Crippen LogP contribution is -2.31. The average molecular weight is 471 g/mol. The van der Waals surface area contributed by atoms with Crippen molar-refractivity contribution in [2.45, 2.75) is 32.2 Å². The molecule has 4 rings (SSSR count). The minimum Gasteiger partial charge on any atom is -0.503 e. The quantitative estimate of drug-likeness (QED) is 0.454. The van der Waals surface area contributed by atoms with Crippen molar-refractivity contribution in [1.82, 2.24) is 4.98 Å². The van der Waals surface area contributed by atoms with Gasteiger partial charge in [-0.05, 0) is 48.2 Å². The smallest absolute Gasteiger partial charge is 0.338 e. The number of hydrogen-bond acceptors (Lipinski definition) is 6. The van der Waals surface area contributed by atoms with Crippen molar-refractivity contribution < 1.29 is 24.2 Å². The lowest BCUT2D eigenvalue weighted by atomic mass is 9.94. The summed E-state index contributed by atoms with van der Waals surface area (Å²) < 4.78 is 5.22. The maximum Gasteiger partial charge on any atom is 0.338 e. The molecule has 35 heavy (non-hydrogen) atoms. The van der Waals surface area contributed by atoms with Gasteiger partial charge in [-0.1, -0.05) is 49.4 Å². The fourth-order valence-corrected chi connectivity index (χ4v) is 4.11. The third-order valence-electron chi connectivity index (χ3n) is 5.79. The summed E-state index contributed by atoms with van der Waals surface area (Å²) in [5.41, 5.74) is 2.23. The number of ketones is 1. The molecule has 2 aromatic carbocycles. The van der Waals surface area contributed by atoms with Crippen LogP contribution in [0.1, 0.15) is 47.3 Å². The van der Waals surface area contributed by atoms with Crippen LogP contribution in [0.2, 0.25) is 0 Å². The monoisotopic (exact) mass is 470 g/mol.